The first kappa shape index (κ1) is 19.8. The van der Waals surface area contributed by atoms with Gasteiger partial charge in [0.2, 0.25) is 0 Å². The van der Waals surface area contributed by atoms with Crippen molar-refractivity contribution in [2.45, 2.75) is 25.8 Å². The molecule has 0 radical (unpaired) electrons. The molecule has 116 valence electrons. The quantitative estimate of drug-likeness (QED) is 0.814. The van der Waals surface area contributed by atoms with Gasteiger partial charge in [-0.1, -0.05) is 55.5 Å². The van der Waals surface area contributed by atoms with Gasteiger partial charge in [-0.25, -0.2) is 0 Å². The summed E-state index contributed by atoms with van der Waals surface area (Å²) in [5.74, 6) is 0. The molecule has 4 heteroatoms. The minimum absolute atomic E-state index is 0. The molecule has 0 saturated carbocycles. The molecule has 2 rings (SSSR count). The van der Waals surface area contributed by atoms with E-state index in [2.05, 4.69) is 48.6 Å². The molecule has 0 aromatic heterocycles. The second-order valence-electron chi connectivity index (χ2n) is 4.81. The maximum absolute atomic E-state index is 6.30. The molecule has 2 nitrogen and oxygen atoms in total. The number of para-hydroxylation sites is 1. The molecule has 0 aliphatic heterocycles. The molecule has 0 spiro atoms. The van der Waals surface area contributed by atoms with Crippen LogP contribution in [0.5, 0.6) is 0 Å². The van der Waals surface area contributed by atoms with Gasteiger partial charge in [-0.15, -0.1) is 24.8 Å². The highest BCUT2D eigenvalue weighted by atomic mass is 35.5. The average molecular weight is 327 g/mol. The van der Waals surface area contributed by atoms with Gasteiger partial charge in [0.15, 0.2) is 0 Å². The summed E-state index contributed by atoms with van der Waals surface area (Å²) >= 11 is 0. The summed E-state index contributed by atoms with van der Waals surface area (Å²) < 4.78 is 0. The van der Waals surface area contributed by atoms with Crippen LogP contribution in [0.15, 0.2) is 54.6 Å². The Hall–Kier alpha value is -1.22. The number of rotatable bonds is 6. The van der Waals surface area contributed by atoms with E-state index in [1.165, 1.54) is 16.8 Å². The maximum atomic E-state index is 6.30. The molecule has 3 N–H and O–H groups in total. The summed E-state index contributed by atoms with van der Waals surface area (Å²) in [6.45, 7) is 3.17. The van der Waals surface area contributed by atoms with E-state index in [-0.39, 0.29) is 30.9 Å². The molecule has 1 atom stereocenters. The third kappa shape index (κ3) is 5.96. The Morgan fingerprint density at radius 2 is 1.57 bits per heavy atom. The highest BCUT2D eigenvalue weighted by molar-refractivity contribution is 5.85. The van der Waals surface area contributed by atoms with E-state index in [0.717, 1.165) is 19.4 Å². The lowest BCUT2D eigenvalue weighted by Gasteiger charge is -2.16. The van der Waals surface area contributed by atoms with Crippen LogP contribution in [-0.2, 0) is 6.42 Å². The molecule has 0 amide bonds. The van der Waals surface area contributed by atoms with Crippen LogP contribution in [0.3, 0.4) is 0 Å². The van der Waals surface area contributed by atoms with E-state index in [4.69, 9.17) is 5.73 Å². The molecule has 0 aliphatic carbocycles. The Bertz CT molecular complexity index is 503. The Balaban J connectivity index is 0.00000200. The van der Waals surface area contributed by atoms with Crippen molar-refractivity contribution >= 4 is 30.5 Å². The topological polar surface area (TPSA) is 38.0 Å². The fourth-order valence-electron chi connectivity index (χ4n) is 2.19. The molecule has 0 fully saturated rings. The molecular weight excluding hydrogens is 303 g/mol. The molecule has 2 aromatic carbocycles. The van der Waals surface area contributed by atoms with Gasteiger partial charge in [-0.2, -0.15) is 0 Å². The van der Waals surface area contributed by atoms with Gasteiger partial charge in [0, 0.05) is 18.3 Å². The molecule has 21 heavy (non-hydrogen) atoms. The van der Waals surface area contributed by atoms with Crippen LogP contribution in [0.1, 0.15) is 30.5 Å². The van der Waals surface area contributed by atoms with Gasteiger partial charge >= 0.3 is 0 Å². The Morgan fingerprint density at radius 3 is 2.24 bits per heavy atom. The van der Waals surface area contributed by atoms with E-state index >= 15 is 0 Å². The summed E-state index contributed by atoms with van der Waals surface area (Å²) in [7, 11) is 0. The standard InChI is InChI=1S/C17H22N2.2ClH/c1-2-12-19-17-11-7-6-10-15(17)13-16(18)14-8-4-3-5-9-14;;/h3-11,16,19H,2,12-13,18H2,1H3;2*1H. The van der Waals surface area contributed by atoms with E-state index in [0.29, 0.717) is 0 Å². The van der Waals surface area contributed by atoms with Crippen molar-refractivity contribution in [3.8, 4) is 0 Å². The summed E-state index contributed by atoms with van der Waals surface area (Å²) in [6.07, 6.45) is 1.98. The van der Waals surface area contributed by atoms with Crippen molar-refractivity contribution < 1.29 is 0 Å². The van der Waals surface area contributed by atoms with E-state index < -0.39 is 0 Å². The number of nitrogens with two attached hydrogens (primary N) is 1. The number of nitrogens with one attached hydrogen (secondary N) is 1. The summed E-state index contributed by atoms with van der Waals surface area (Å²) in [6, 6.07) is 18.7. The van der Waals surface area contributed by atoms with Crippen molar-refractivity contribution in [2.75, 3.05) is 11.9 Å². The van der Waals surface area contributed by atoms with Gasteiger partial charge in [-0.3, -0.25) is 0 Å². The normalized spacial score (nSPS) is 11.0. The number of anilines is 1. The minimum Gasteiger partial charge on any atom is -0.385 e. The third-order valence-electron chi connectivity index (χ3n) is 3.25. The Kier molecular flexibility index (Phi) is 9.89. The van der Waals surface area contributed by atoms with Crippen molar-refractivity contribution in [1.29, 1.82) is 0 Å². The van der Waals surface area contributed by atoms with Crippen LogP contribution in [0.25, 0.3) is 0 Å². The smallest absolute Gasteiger partial charge is 0.0373 e. The van der Waals surface area contributed by atoms with E-state index in [1.807, 2.05) is 18.2 Å². The van der Waals surface area contributed by atoms with Gasteiger partial charge in [0.1, 0.15) is 0 Å². The SMILES string of the molecule is CCCNc1ccccc1CC(N)c1ccccc1.Cl.Cl. The molecule has 0 aliphatic rings. The Labute approximate surface area is 140 Å². The number of hydrogen-bond donors (Lipinski definition) is 2. The zero-order chi connectivity index (χ0) is 13.5. The van der Waals surface area contributed by atoms with Gasteiger partial charge < -0.3 is 11.1 Å². The average Bonchev–Trinajstić information content (AvgIpc) is 2.47. The number of halogens is 2. The fraction of sp³-hybridized carbons (Fsp3) is 0.294. The molecular formula is C17H24Cl2N2. The van der Waals surface area contributed by atoms with Crippen molar-refractivity contribution in [3.05, 3.63) is 65.7 Å². The first-order chi connectivity index (χ1) is 9.31. The first-order valence-electron chi connectivity index (χ1n) is 6.93. The van der Waals surface area contributed by atoms with Crippen molar-refractivity contribution in [3.63, 3.8) is 0 Å². The van der Waals surface area contributed by atoms with Crippen molar-refractivity contribution in [2.24, 2.45) is 5.73 Å². The molecule has 1 unspecified atom stereocenters. The monoisotopic (exact) mass is 326 g/mol. The van der Waals surface area contributed by atoms with Crippen LogP contribution >= 0.6 is 24.8 Å². The van der Waals surface area contributed by atoms with Crippen LogP contribution in [0, 0.1) is 0 Å². The maximum Gasteiger partial charge on any atom is 0.0373 e. The highest BCUT2D eigenvalue weighted by Crippen LogP contribution is 2.22. The van der Waals surface area contributed by atoms with E-state index in [9.17, 15) is 0 Å². The zero-order valence-electron chi connectivity index (χ0n) is 12.3. The summed E-state index contributed by atoms with van der Waals surface area (Å²) in [5, 5.41) is 3.46. The highest BCUT2D eigenvalue weighted by Gasteiger charge is 2.09. The van der Waals surface area contributed by atoms with E-state index in [1.54, 1.807) is 0 Å². The lowest BCUT2D eigenvalue weighted by atomic mass is 9.98. The fourth-order valence-corrected chi connectivity index (χ4v) is 2.19. The summed E-state index contributed by atoms with van der Waals surface area (Å²) in [4.78, 5) is 0. The second-order valence-corrected chi connectivity index (χ2v) is 4.81. The van der Waals surface area contributed by atoms with Gasteiger partial charge in [-0.05, 0) is 30.0 Å². The van der Waals surface area contributed by atoms with Gasteiger partial charge in [0.05, 0.1) is 0 Å². The van der Waals surface area contributed by atoms with Crippen LogP contribution in [0.2, 0.25) is 0 Å². The predicted octanol–water partition coefficient (Wildman–Crippen LogP) is 4.59. The first-order valence-corrected chi connectivity index (χ1v) is 6.93. The molecule has 2 aromatic rings. The van der Waals surface area contributed by atoms with Crippen LogP contribution in [0.4, 0.5) is 5.69 Å². The molecule has 0 heterocycles. The largest absolute Gasteiger partial charge is 0.385 e. The van der Waals surface area contributed by atoms with Crippen LogP contribution < -0.4 is 11.1 Å². The zero-order valence-corrected chi connectivity index (χ0v) is 13.9. The molecule has 0 saturated heterocycles. The number of benzene rings is 2. The third-order valence-corrected chi connectivity index (χ3v) is 3.25. The number of hydrogen-bond acceptors (Lipinski definition) is 2. The summed E-state index contributed by atoms with van der Waals surface area (Å²) in [5.41, 5.74) is 9.97. The lowest BCUT2D eigenvalue weighted by Crippen LogP contribution is -2.14. The predicted molar refractivity (Wildman–Crippen MR) is 96.8 cm³/mol. The van der Waals surface area contributed by atoms with Gasteiger partial charge in [0.25, 0.3) is 0 Å². The second kappa shape index (κ2) is 10.5. The lowest BCUT2D eigenvalue weighted by molar-refractivity contribution is 0.722. The minimum atomic E-state index is 0. The Morgan fingerprint density at radius 1 is 0.952 bits per heavy atom. The van der Waals surface area contributed by atoms with Crippen molar-refractivity contribution in [1.82, 2.24) is 0 Å². The van der Waals surface area contributed by atoms with Crippen LogP contribution in [-0.4, -0.2) is 6.54 Å². The molecule has 0 bridgehead atoms.